The predicted octanol–water partition coefficient (Wildman–Crippen LogP) is 2.11. The Morgan fingerprint density at radius 1 is 1.16 bits per heavy atom. The maximum Gasteiger partial charge on any atom is 0.413 e. The highest BCUT2D eigenvalue weighted by Gasteiger charge is 2.17. The zero-order valence-electron chi connectivity index (χ0n) is 14.7. The number of ether oxygens (including phenoxy) is 1. The number of carbonyl (C=O) groups is 3. The van der Waals surface area contributed by atoms with Crippen LogP contribution in [0, 0.1) is 0 Å². The lowest BCUT2D eigenvalue weighted by Crippen LogP contribution is -2.44. The number of benzene rings is 1. The lowest BCUT2D eigenvalue weighted by molar-refractivity contribution is -0.125. The molecule has 1 atom stereocenters. The second-order valence-corrected chi connectivity index (χ2v) is 5.79. The van der Waals surface area contributed by atoms with E-state index in [0.29, 0.717) is 11.6 Å². The molecule has 8 heteroatoms. The number of nitrogens with one attached hydrogen (secondary N) is 2. The Bertz CT molecular complexity index is 609. The van der Waals surface area contributed by atoms with Gasteiger partial charge in [-0.2, -0.15) is 0 Å². The van der Waals surface area contributed by atoms with E-state index in [1.165, 1.54) is 0 Å². The van der Waals surface area contributed by atoms with Crippen LogP contribution < -0.4 is 10.6 Å². The van der Waals surface area contributed by atoms with Crippen molar-refractivity contribution in [2.75, 3.05) is 26.2 Å². The Balaban J connectivity index is 2.51. The molecule has 2 N–H and O–H groups in total. The third-order valence-corrected chi connectivity index (χ3v) is 3.79. The molecule has 1 aromatic carbocycles. The molecule has 0 aromatic heterocycles. The van der Waals surface area contributed by atoms with Crippen molar-refractivity contribution in [3.63, 3.8) is 0 Å². The normalized spacial score (nSPS) is 11.7. The summed E-state index contributed by atoms with van der Waals surface area (Å²) in [7, 11) is 0. The molecule has 1 aromatic rings. The minimum absolute atomic E-state index is 0.0293. The average molecular weight is 370 g/mol. The van der Waals surface area contributed by atoms with Gasteiger partial charge in [0.25, 0.3) is 0 Å². The number of halogens is 1. The quantitative estimate of drug-likeness (QED) is 0.732. The summed E-state index contributed by atoms with van der Waals surface area (Å²) < 4.78 is 4.64. The molecule has 138 valence electrons. The number of rotatable bonds is 8. The van der Waals surface area contributed by atoms with Crippen LogP contribution >= 0.6 is 11.6 Å². The summed E-state index contributed by atoms with van der Waals surface area (Å²) in [5.41, 5.74) is 0.820. The van der Waals surface area contributed by atoms with E-state index in [2.05, 4.69) is 15.4 Å². The minimum atomic E-state index is -0.791. The number of alkyl carbamates (subject to hydrolysis) is 1. The van der Waals surface area contributed by atoms with Crippen LogP contribution in [0.2, 0.25) is 5.02 Å². The molecule has 0 fully saturated rings. The summed E-state index contributed by atoms with van der Waals surface area (Å²) in [5.74, 6) is -0.759. The maximum absolute atomic E-state index is 12.2. The van der Waals surface area contributed by atoms with Crippen molar-refractivity contribution in [3.8, 4) is 0 Å². The van der Waals surface area contributed by atoms with Crippen molar-refractivity contribution in [1.29, 1.82) is 0 Å². The van der Waals surface area contributed by atoms with Crippen LogP contribution in [0.3, 0.4) is 0 Å². The molecule has 25 heavy (non-hydrogen) atoms. The van der Waals surface area contributed by atoms with E-state index in [0.717, 1.165) is 5.56 Å². The van der Waals surface area contributed by atoms with Crippen LogP contribution in [0.5, 0.6) is 0 Å². The summed E-state index contributed by atoms with van der Waals surface area (Å²) in [4.78, 5) is 36.8. The van der Waals surface area contributed by atoms with Crippen molar-refractivity contribution in [2.45, 2.75) is 26.8 Å². The average Bonchev–Trinajstić information content (AvgIpc) is 2.54. The molecule has 0 unspecified atom stereocenters. The minimum Gasteiger partial charge on any atom is -0.450 e. The van der Waals surface area contributed by atoms with Crippen molar-refractivity contribution < 1.29 is 19.1 Å². The van der Waals surface area contributed by atoms with Crippen LogP contribution in [-0.2, 0) is 14.3 Å². The van der Waals surface area contributed by atoms with Crippen LogP contribution in [-0.4, -0.2) is 49.0 Å². The fourth-order valence-corrected chi connectivity index (χ4v) is 2.50. The largest absolute Gasteiger partial charge is 0.450 e. The van der Waals surface area contributed by atoms with Crippen LogP contribution in [0.15, 0.2) is 24.3 Å². The third kappa shape index (κ3) is 7.53. The van der Waals surface area contributed by atoms with Gasteiger partial charge < -0.3 is 10.1 Å². The molecule has 1 rings (SSSR count). The molecule has 0 aliphatic heterocycles. The fourth-order valence-electron chi connectivity index (χ4n) is 2.20. The van der Waals surface area contributed by atoms with Gasteiger partial charge in [0.05, 0.1) is 25.7 Å². The predicted molar refractivity (Wildman–Crippen MR) is 95.3 cm³/mol. The molecular weight excluding hydrogens is 346 g/mol. The van der Waals surface area contributed by atoms with E-state index in [1.54, 1.807) is 17.9 Å². The monoisotopic (exact) mass is 369 g/mol. The number of hydrogen-bond acceptors (Lipinski definition) is 5. The Morgan fingerprint density at radius 3 is 2.40 bits per heavy atom. The molecule has 0 radical (unpaired) electrons. The first-order valence-electron chi connectivity index (χ1n) is 8.10. The summed E-state index contributed by atoms with van der Waals surface area (Å²) >= 11 is 6.12. The van der Waals surface area contributed by atoms with E-state index >= 15 is 0 Å². The van der Waals surface area contributed by atoms with Gasteiger partial charge >= 0.3 is 6.09 Å². The fraction of sp³-hybridized carbons (Fsp3) is 0.471. The van der Waals surface area contributed by atoms with Gasteiger partial charge in [-0.25, -0.2) is 4.79 Å². The number of amides is 3. The highest BCUT2D eigenvalue weighted by atomic mass is 35.5. The SMILES string of the molecule is CCOC(=O)NC(=O)CN(CC)CC(=O)N[C@@H](C)c1ccccc1Cl. The Morgan fingerprint density at radius 2 is 1.80 bits per heavy atom. The first-order valence-corrected chi connectivity index (χ1v) is 8.47. The Kier molecular flexibility index (Phi) is 8.94. The van der Waals surface area contributed by atoms with Gasteiger partial charge in [0, 0.05) is 5.02 Å². The molecule has 0 aliphatic carbocycles. The van der Waals surface area contributed by atoms with Gasteiger partial charge in [-0.15, -0.1) is 0 Å². The second kappa shape index (κ2) is 10.7. The molecule has 0 saturated heterocycles. The van der Waals surface area contributed by atoms with E-state index in [-0.39, 0.29) is 31.6 Å². The van der Waals surface area contributed by atoms with Gasteiger partial charge in [0.15, 0.2) is 0 Å². The zero-order valence-corrected chi connectivity index (χ0v) is 15.4. The van der Waals surface area contributed by atoms with Gasteiger partial charge in [0.2, 0.25) is 11.8 Å². The highest BCUT2D eigenvalue weighted by Crippen LogP contribution is 2.21. The summed E-state index contributed by atoms with van der Waals surface area (Å²) in [6.07, 6.45) is -0.791. The smallest absolute Gasteiger partial charge is 0.413 e. The van der Waals surface area contributed by atoms with Crippen molar-refractivity contribution >= 4 is 29.5 Å². The van der Waals surface area contributed by atoms with Gasteiger partial charge in [0.1, 0.15) is 0 Å². The molecule has 0 aliphatic rings. The molecule has 0 saturated carbocycles. The van der Waals surface area contributed by atoms with Gasteiger partial charge in [-0.1, -0.05) is 36.7 Å². The summed E-state index contributed by atoms with van der Waals surface area (Å²) in [5, 5.41) is 5.53. The Labute approximate surface area is 152 Å². The highest BCUT2D eigenvalue weighted by molar-refractivity contribution is 6.31. The first-order chi connectivity index (χ1) is 11.9. The van der Waals surface area contributed by atoms with Crippen molar-refractivity contribution in [2.24, 2.45) is 0 Å². The number of carbonyl (C=O) groups excluding carboxylic acids is 3. The molecular formula is C17H24ClN3O4. The van der Waals surface area contributed by atoms with E-state index in [4.69, 9.17) is 11.6 Å². The topological polar surface area (TPSA) is 87.7 Å². The lowest BCUT2D eigenvalue weighted by Gasteiger charge is -2.21. The molecule has 0 bridgehead atoms. The van der Waals surface area contributed by atoms with Gasteiger partial charge in [-0.3, -0.25) is 19.8 Å². The standard InChI is InChI=1S/C17H24ClN3O4/c1-4-21(11-16(23)20-17(24)25-5-2)10-15(22)19-12(3)13-8-6-7-9-14(13)18/h6-9,12H,4-5,10-11H2,1-3H3,(H,19,22)(H,20,23,24)/t12-/m0/s1. The van der Waals surface area contributed by atoms with Crippen LogP contribution in [0.25, 0.3) is 0 Å². The number of likely N-dealkylation sites (N-methyl/N-ethyl adjacent to an activating group) is 1. The van der Waals surface area contributed by atoms with E-state index in [1.807, 2.05) is 32.0 Å². The first kappa shape index (κ1) is 20.9. The van der Waals surface area contributed by atoms with Crippen LogP contribution in [0.4, 0.5) is 4.79 Å². The lowest BCUT2D eigenvalue weighted by atomic mass is 10.1. The van der Waals surface area contributed by atoms with E-state index < -0.39 is 12.0 Å². The molecule has 7 nitrogen and oxygen atoms in total. The molecule has 0 heterocycles. The second-order valence-electron chi connectivity index (χ2n) is 5.38. The summed E-state index contributed by atoms with van der Waals surface area (Å²) in [6, 6.07) is 7.02. The van der Waals surface area contributed by atoms with Gasteiger partial charge in [-0.05, 0) is 32.0 Å². The Hall–Kier alpha value is -2.12. The van der Waals surface area contributed by atoms with E-state index in [9.17, 15) is 14.4 Å². The van der Waals surface area contributed by atoms with Crippen molar-refractivity contribution in [1.82, 2.24) is 15.5 Å². The third-order valence-electron chi connectivity index (χ3n) is 3.45. The maximum atomic E-state index is 12.2. The molecule has 3 amide bonds. The number of imide groups is 1. The zero-order chi connectivity index (χ0) is 18.8. The van der Waals surface area contributed by atoms with Crippen molar-refractivity contribution in [3.05, 3.63) is 34.9 Å². The van der Waals surface area contributed by atoms with Crippen LogP contribution in [0.1, 0.15) is 32.4 Å². The summed E-state index contributed by atoms with van der Waals surface area (Å²) in [6.45, 7) is 5.91. The number of hydrogen-bond donors (Lipinski definition) is 2. The number of nitrogens with zero attached hydrogens (tertiary/aromatic N) is 1. The molecule has 0 spiro atoms.